The molecule has 0 aliphatic carbocycles. The van der Waals surface area contributed by atoms with Crippen molar-refractivity contribution in [3.63, 3.8) is 0 Å². The Morgan fingerprint density at radius 1 is 0.783 bits per heavy atom. The molecule has 3 aromatic rings. The number of fused-ring (bicyclic) bond motifs is 1. The molecule has 2 aliphatic rings. The van der Waals surface area contributed by atoms with Gasteiger partial charge in [-0.2, -0.15) is 0 Å². The monoisotopic (exact) mass is 654 g/mol. The molecule has 3 heterocycles. The molecule has 0 amide bonds. The van der Waals surface area contributed by atoms with Crippen LogP contribution in [0.1, 0.15) is 0 Å². The number of methoxy groups -OCH3 is 2. The molecule has 5 rings (SSSR count). The molecule has 2 fully saturated rings. The van der Waals surface area contributed by atoms with Crippen molar-refractivity contribution in [2.75, 3.05) is 27.4 Å². The van der Waals surface area contributed by atoms with Gasteiger partial charge in [0, 0.05) is 6.07 Å². The maximum absolute atomic E-state index is 13.4. The lowest BCUT2D eigenvalue weighted by molar-refractivity contribution is -0.323. The fraction of sp³-hybridized carbons (Fsp3) is 0.483. The van der Waals surface area contributed by atoms with Crippen LogP contribution in [0.5, 0.6) is 28.7 Å². The largest absolute Gasteiger partial charge is 0.504 e. The Bertz CT molecular complexity index is 1590. The van der Waals surface area contributed by atoms with Gasteiger partial charge in [-0.15, -0.1) is 0 Å². The third-order valence-corrected chi connectivity index (χ3v) is 7.84. The van der Waals surface area contributed by atoms with Crippen molar-refractivity contribution in [3.05, 3.63) is 40.8 Å². The summed E-state index contributed by atoms with van der Waals surface area (Å²) >= 11 is 0. The Hall–Kier alpha value is -3.75. The van der Waals surface area contributed by atoms with Gasteiger partial charge in [-0.3, -0.25) is 4.79 Å². The van der Waals surface area contributed by atoms with E-state index in [1.165, 1.54) is 32.4 Å². The van der Waals surface area contributed by atoms with Gasteiger partial charge in [-0.25, -0.2) is 0 Å². The van der Waals surface area contributed by atoms with E-state index in [0.29, 0.717) is 0 Å². The second-order valence-corrected chi connectivity index (χ2v) is 10.7. The van der Waals surface area contributed by atoms with E-state index in [1.54, 1.807) is 0 Å². The summed E-state index contributed by atoms with van der Waals surface area (Å²) in [4.78, 5) is 13.4. The van der Waals surface area contributed by atoms with Gasteiger partial charge in [0.2, 0.25) is 17.5 Å². The van der Waals surface area contributed by atoms with Crippen molar-refractivity contribution in [2.45, 2.75) is 61.4 Å². The lowest BCUT2D eigenvalue weighted by atomic mass is 9.98. The summed E-state index contributed by atoms with van der Waals surface area (Å²) in [6, 6.07) is 5.09. The minimum Gasteiger partial charge on any atom is -0.504 e. The predicted molar refractivity (Wildman–Crippen MR) is 151 cm³/mol. The molecule has 2 aromatic carbocycles. The van der Waals surface area contributed by atoms with Crippen LogP contribution >= 0.6 is 0 Å². The topological polar surface area (TPSA) is 268 Å². The van der Waals surface area contributed by atoms with Gasteiger partial charge in [0.1, 0.15) is 66.1 Å². The highest BCUT2D eigenvalue weighted by atomic mass is 16.7. The summed E-state index contributed by atoms with van der Waals surface area (Å²) in [5.74, 6) is -1.35. The van der Waals surface area contributed by atoms with Gasteiger partial charge < -0.3 is 78.8 Å². The normalized spacial score (nSPS) is 31.5. The third-order valence-electron chi connectivity index (χ3n) is 7.84. The fourth-order valence-corrected chi connectivity index (χ4v) is 5.23. The summed E-state index contributed by atoms with van der Waals surface area (Å²) in [5, 5.41) is 91.9. The van der Waals surface area contributed by atoms with E-state index in [-0.39, 0.29) is 39.3 Å². The van der Waals surface area contributed by atoms with Crippen molar-refractivity contribution in [1.29, 1.82) is 0 Å². The van der Waals surface area contributed by atoms with Crippen LogP contribution in [0.4, 0.5) is 0 Å². The first-order chi connectivity index (χ1) is 21.9. The van der Waals surface area contributed by atoms with E-state index < -0.39 is 91.6 Å². The van der Waals surface area contributed by atoms with E-state index in [1.807, 2.05) is 0 Å². The van der Waals surface area contributed by atoms with Crippen LogP contribution in [0.25, 0.3) is 22.1 Å². The first-order valence-electron chi connectivity index (χ1n) is 13.9. The number of hydrogen-bond acceptors (Lipinski definition) is 17. The molecule has 17 heteroatoms. The fourth-order valence-electron chi connectivity index (χ4n) is 5.23. The first-order valence-corrected chi connectivity index (χ1v) is 13.9. The number of aromatic hydroxyl groups is 2. The predicted octanol–water partition coefficient (Wildman–Crippen LogP) is -2.11. The van der Waals surface area contributed by atoms with Gasteiger partial charge in [-0.05, 0) is 17.7 Å². The van der Waals surface area contributed by atoms with Crippen LogP contribution in [0.15, 0.2) is 39.7 Å². The summed E-state index contributed by atoms with van der Waals surface area (Å²) < 4.78 is 37.7. The average molecular weight is 655 g/mol. The van der Waals surface area contributed by atoms with E-state index in [2.05, 4.69) is 0 Å². The van der Waals surface area contributed by atoms with E-state index in [4.69, 9.17) is 32.8 Å². The summed E-state index contributed by atoms with van der Waals surface area (Å²) in [7, 11) is 2.57. The van der Waals surface area contributed by atoms with Gasteiger partial charge >= 0.3 is 0 Å². The minimum atomic E-state index is -1.82. The Labute approximate surface area is 259 Å². The van der Waals surface area contributed by atoms with E-state index >= 15 is 0 Å². The molecule has 9 N–H and O–H groups in total. The van der Waals surface area contributed by atoms with Crippen LogP contribution in [0, 0.1) is 0 Å². The molecule has 17 nitrogen and oxygen atoms in total. The second-order valence-electron chi connectivity index (χ2n) is 10.7. The van der Waals surface area contributed by atoms with Gasteiger partial charge in [0.25, 0.3) is 0 Å². The molecule has 0 bridgehead atoms. The first kappa shape index (κ1) is 33.6. The maximum Gasteiger partial charge on any atom is 0.229 e. The lowest BCUT2D eigenvalue weighted by Gasteiger charge is -2.42. The van der Waals surface area contributed by atoms with Gasteiger partial charge in [-0.1, -0.05) is 6.07 Å². The molecule has 0 saturated carbocycles. The summed E-state index contributed by atoms with van der Waals surface area (Å²) in [6.45, 7) is -1.28. The molecule has 1 aromatic heterocycles. The maximum atomic E-state index is 13.4. The highest BCUT2D eigenvalue weighted by molar-refractivity contribution is 5.91. The van der Waals surface area contributed by atoms with Crippen molar-refractivity contribution in [1.82, 2.24) is 0 Å². The van der Waals surface area contributed by atoms with Gasteiger partial charge in [0.15, 0.2) is 29.3 Å². The van der Waals surface area contributed by atoms with Crippen LogP contribution in [-0.4, -0.2) is 135 Å². The zero-order valence-electron chi connectivity index (χ0n) is 24.4. The quantitative estimate of drug-likeness (QED) is 0.119. The average Bonchev–Trinajstić information content (AvgIpc) is 3.05. The molecule has 46 heavy (non-hydrogen) atoms. The molecule has 2 aliphatic heterocycles. The minimum absolute atomic E-state index is 0.0184. The van der Waals surface area contributed by atoms with Crippen LogP contribution in [0.2, 0.25) is 0 Å². The smallest absolute Gasteiger partial charge is 0.229 e. The number of aliphatic hydroxyl groups is 7. The third kappa shape index (κ3) is 6.05. The number of phenolic OH excluding ortho intramolecular Hbond substituents is 2. The number of rotatable bonds is 9. The standard InChI is InChI=1S/C29H34O17/c1-40-15-6-14-18(27(41-2)22(15)35)19(32)11(8-42-14)10-3-4-13(12(31)5-10)44-29-26(39)24(37)21(34)17(46-29)9-43-28-25(38)23(36)20(33)16(7-30)45-28/h3-6,8,16-17,20-21,23-26,28-31,33-39H,7,9H2,1-2H3/t16-,17+,20+,21+,23+,24-,25+,26+,28-,29+/m1/s1. The zero-order valence-corrected chi connectivity index (χ0v) is 24.4. The van der Waals surface area contributed by atoms with E-state index in [9.17, 15) is 50.8 Å². The molecule has 10 atom stereocenters. The number of phenols is 2. The highest BCUT2D eigenvalue weighted by Crippen LogP contribution is 2.42. The molecule has 0 spiro atoms. The zero-order chi connectivity index (χ0) is 33.4. The van der Waals surface area contributed by atoms with Crippen molar-refractivity contribution in [3.8, 4) is 39.9 Å². The van der Waals surface area contributed by atoms with Crippen molar-refractivity contribution in [2.24, 2.45) is 0 Å². The van der Waals surface area contributed by atoms with Crippen LogP contribution in [0.3, 0.4) is 0 Å². The summed E-state index contributed by atoms with van der Waals surface area (Å²) in [5.41, 5.74) is -0.382. The van der Waals surface area contributed by atoms with Crippen LogP contribution in [-0.2, 0) is 14.2 Å². The molecular formula is C29H34O17. The molecule has 2 saturated heterocycles. The summed E-state index contributed by atoms with van der Waals surface area (Å²) in [6.07, 6.45) is -15.2. The molecule has 252 valence electrons. The van der Waals surface area contributed by atoms with Crippen molar-refractivity contribution < 1.29 is 78.8 Å². The Morgan fingerprint density at radius 3 is 2.07 bits per heavy atom. The Balaban J connectivity index is 1.34. The Kier molecular flexibility index (Phi) is 9.89. The van der Waals surface area contributed by atoms with E-state index in [0.717, 1.165) is 12.3 Å². The number of ether oxygens (including phenoxy) is 6. The van der Waals surface area contributed by atoms with Gasteiger partial charge in [0.05, 0.1) is 33.0 Å². The van der Waals surface area contributed by atoms with Crippen LogP contribution < -0.4 is 19.6 Å². The number of aliphatic hydroxyl groups excluding tert-OH is 7. The van der Waals surface area contributed by atoms with Crippen molar-refractivity contribution >= 4 is 11.0 Å². The number of hydrogen-bond donors (Lipinski definition) is 9. The second kappa shape index (κ2) is 13.5. The highest BCUT2D eigenvalue weighted by Gasteiger charge is 2.48. The number of benzene rings is 2. The molecular weight excluding hydrogens is 620 g/mol. The SMILES string of the molecule is COc1cc2occ(-c3ccc(O[C@H]4O[C@@H](CO[C@@H]5O[C@H](CO)[C@H](O)[C@H](O)[C@@H]5O)[C@H](O)[C@@H](O)[C@@H]4O)c(O)c3)c(=O)c2c(OC)c1O. The molecule has 0 unspecified atom stereocenters. The molecule has 0 radical (unpaired) electrons. The lowest BCUT2D eigenvalue weighted by Crippen LogP contribution is -2.62. The Morgan fingerprint density at radius 2 is 1.43 bits per heavy atom.